The zero-order valence-corrected chi connectivity index (χ0v) is 17.1. The predicted octanol–water partition coefficient (Wildman–Crippen LogP) is 4.95. The first-order chi connectivity index (χ1) is 12.5. The van der Waals surface area contributed by atoms with E-state index in [1.165, 1.54) is 12.3 Å². The van der Waals surface area contributed by atoms with Crippen molar-refractivity contribution < 1.29 is 0 Å². The Balaban J connectivity index is 1.67. The molecule has 0 aromatic heterocycles. The second-order valence-corrected chi connectivity index (χ2v) is 8.69. The maximum atomic E-state index is 6.52. The number of aliphatic imine (C=N–C) groups is 2. The molecule has 4 atom stereocenters. The van der Waals surface area contributed by atoms with E-state index in [4.69, 9.17) is 33.2 Å². The van der Waals surface area contributed by atoms with Crippen molar-refractivity contribution >= 4 is 40.6 Å². The Morgan fingerprint density at radius 3 is 2.85 bits per heavy atom. The van der Waals surface area contributed by atoms with Crippen LogP contribution in [0, 0.1) is 17.8 Å². The van der Waals surface area contributed by atoms with E-state index >= 15 is 0 Å². The number of piperidine rings is 1. The van der Waals surface area contributed by atoms with E-state index in [0.717, 1.165) is 37.6 Å². The molecule has 2 saturated heterocycles. The first-order valence-corrected chi connectivity index (χ1v) is 10.3. The highest BCUT2D eigenvalue weighted by molar-refractivity contribution is 6.36. The van der Waals surface area contributed by atoms with Crippen molar-refractivity contribution in [3.05, 3.63) is 28.2 Å². The van der Waals surface area contributed by atoms with Gasteiger partial charge in [-0.1, -0.05) is 43.5 Å². The van der Waals surface area contributed by atoms with Crippen molar-refractivity contribution in [2.24, 2.45) is 27.7 Å². The van der Waals surface area contributed by atoms with Crippen LogP contribution >= 0.6 is 23.2 Å². The summed E-state index contributed by atoms with van der Waals surface area (Å²) in [5, 5.41) is 1.36. The fraction of sp³-hybridized carbons (Fsp3) is 0.600. The molecular formula is C20H26Cl2N4. The van der Waals surface area contributed by atoms with Gasteiger partial charge in [-0.15, -0.1) is 0 Å². The van der Waals surface area contributed by atoms with Crippen LogP contribution in [-0.4, -0.2) is 42.4 Å². The lowest BCUT2D eigenvalue weighted by molar-refractivity contribution is 0.284. The van der Waals surface area contributed by atoms with Gasteiger partial charge >= 0.3 is 0 Å². The van der Waals surface area contributed by atoms with Crippen molar-refractivity contribution in [3.8, 4) is 0 Å². The van der Waals surface area contributed by atoms with Gasteiger partial charge in [0.1, 0.15) is 17.8 Å². The number of rotatable bonds is 4. The summed E-state index contributed by atoms with van der Waals surface area (Å²) >= 11 is 12.6. The highest BCUT2D eigenvalue weighted by atomic mass is 35.5. The third-order valence-corrected chi connectivity index (χ3v) is 6.55. The third kappa shape index (κ3) is 3.11. The molecule has 3 heterocycles. The fourth-order valence-corrected chi connectivity index (χ4v) is 5.04. The predicted molar refractivity (Wildman–Crippen MR) is 111 cm³/mol. The Bertz CT molecular complexity index is 760. The zero-order valence-electron chi connectivity index (χ0n) is 15.6. The Morgan fingerprint density at radius 1 is 1.31 bits per heavy atom. The van der Waals surface area contributed by atoms with Crippen LogP contribution in [0.15, 0.2) is 28.2 Å². The minimum Gasteiger partial charge on any atom is -0.359 e. The van der Waals surface area contributed by atoms with Crippen LogP contribution in [0.3, 0.4) is 0 Å². The second-order valence-electron chi connectivity index (χ2n) is 7.84. The first-order valence-electron chi connectivity index (χ1n) is 9.57. The number of hydrogen-bond acceptors (Lipinski definition) is 4. The van der Waals surface area contributed by atoms with Gasteiger partial charge in [0, 0.05) is 24.7 Å². The number of amidine groups is 2. The van der Waals surface area contributed by atoms with Crippen LogP contribution in [0.25, 0.3) is 0 Å². The minimum absolute atomic E-state index is 0.0851. The van der Waals surface area contributed by atoms with Crippen molar-refractivity contribution in [1.82, 2.24) is 4.90 Å². The van der Waals surface area contributed by atoms with E-state index in [9.17, 15) is 0 Å². The van der Waals surface area contributed by atoms with Gasteiger partial charge in [0.05, 0.1) is 16.6 Å². The number of halogens is 2. The Kier molecular flexibility index (Phi) is 4.91. The Labute approximate surface area is 165 Å². The molecule has 3 aliphatic rings. The molecule has 140 valence electrons. The molecule has 1 aromatic rings. The largest absolute Gasteiger partial charge is 0.359 e. The van der Waals surface area contributed by atoms with Crippen molar-refractivity contribution in [1.29, 1.82) is 0 Å². The molecule has 0 N–H and O–H groups in total. The van der Waals surface area contributed by atoms with E-state index in [2.05, 4.69) is 23.6 Å². The maximum absolute atomic E-state index is 6.52. The smallest absolute Gasteiger partial charge is 0.133 e. The summed E-state index contributed by atoms with van der Waals surface area (Å²) in [5.41, 5.74) is 1.03. The summed E-state index contributed by atoms with van der Waals surface area (Å²) in [6, 6.07) is 5.75. The normalized spacial score (nSPS) is 28.6. The van der Waals surface area contributed by atoms with Gasteiger partial charge in [-0.25, -0.2) is 9.98 Å². The maximum Gasteiger partial charge on any atom is 0.133 e. The fourth-order valence-electron chi connectivity index (χ4n) is 4.52. The summed E-state index contributed by atoms with van der Waals surface area (Å²) in [5.74, 6) is 3.78. The lowest BCUT2D eigenvalue weighted by atomic mass is 9.84. The van der Waals surface area contributed by atoms with E-state index in [1.54, 1.807) is 0 Å². The van der Waals surface area contributed by atoms with Crippen LogP contribution in [-0.2, 0) is 0 Å². The van der Waals surface area contributed by atoms with Gasteiger partial charge in [-0.05, 0) is 43.4 Å². The third-order valence-electron chi connectivity index (χ3n) is 6.01. The van der Waals surface area contributed by atoms with Crippen LogP contribution < -0.4 is 4.90 Å². The molecule has 3 aliphatic heterocycles. The van der Waals surface area contributed by atoms with Gasteiger partial charge in [-0.3, -0.25) is 0 Å². The molecule has 6 heteroatoms. The Hall–Kier alpha value is -1.26. The van der Waals surface area contributed by atoms with E-state index < -0.39 is 0 Å². The van der Waals surface area contributed by atoms with Crippen LogP contribution in [0.5, 0.6) is 0 Å². The molecule has 1 aromatic carbocycles. The number of hydrogen-bond donors (Lipinski definition) is 0. The van der Waals surface area contributed by atoms with Crippen LogP contribution in [0.4, 0.5) is 5.69 Å². The van der Waals surface area contributed by atoms with Gasteiger partial charge in [-0.2, -0.15) is 0 Å². The lowest BCUT2D eigenvalue weighted by Gasteiger charge is -2.43. The number of anilines is 1. The number of likely N-dealkylation sites (tertiary alicyclic amines) is 1. The topological polar surface area (TPSA) is 31.2 Å². The summed E-state index contributed by atoms with van der Waals surface area (Å²) in [6.07, 6.45) is 2.43. The van der Waals surface area contributed by atoms with Gasteiger partial charge in [0.25, 0.3) is 0 Å². The van der Waals surface area contributed by atoms with Gasteiger partial charge < -0.3 is 9.80 Å². The lowest BCUT2D eigenvalue weighted by Crippen LogP contribution is -2.51. The highest BCUT2D eigenvalue weighted by Gasteiger charge is 2.49. The molecule has 4 rings (SSSR count). The van der Waals surface area contributed by atoms with Crippen molar-refractivity contribution in [2.75, 3.05) is 24.5 Å². The van der Waals surface area contributed by atoms with Crippen LogP contribution in [0.1, 0.15) is 33.6 Å². The first kappa shape index (κ1) is 18.1. The van der Waals surface area contributed by atoms with E-state index in [0.29, 0.717) is 27.8 Å². The minimum atomic E-state index is 0.0851. The van der Waals surface area contributed by atoms with Crippen molar-refractivity contribution in [3.63, 3.8) is 0 Å². The Morgan fingerprint density at radius 2 is 2.12 bits per heavy atom. The molecule has 0 spiro atoms. The molecule has 4 unspecified atom stereocenters. The summed E-state index contributed by atoms with van der Waals surface area (Å²) < 4.78 is 0. The average Bonchev–Trinajstić information content (AvgIpc) is 2.94. The molecule has 0 saturated carbocycles. The van der Waals surface area contributed by atoms with Gasteiger partial charge in [0.15, 0.2) is 0 Å². The standard InChI is InChI=1S/C20H26Cl2N4/c1-4-12(2)10-25-11-14-7-8-26(17-6-5-15(21)9-16(17)22)20-18(14)19(25)23-13(3)24-20/h5-6,9,12,14,18,20H,4,7-8,10-11H2,1-3H3. The number of benzene rings is 1. The van der Waals surface area contributed by atoms with Crippen LogP contribution in [0.2, 0.25) is 10.0 Å². The zero-order chi connectivity index (χ0) is 18.4. The molecule has 0 radical (unpaired) electrons. The monoisotopic (exact) mass is 392 g/mol. The molecular weight excluding hydrogens is 367 g/mol. The quantitative estimate of drug-likeness (QED) is 0.725. The highest BCUT2D eigenvalue weighted by Crippen LogP contribution is 2.43. The summed E-state index contributed by atoms with van der Waals surface area (Å²) in [4.78, 5) is 14.7. The molecule has 4 nitrogen and oxygen atoms in total. The summed E-state index contributed by atoms with van der Waals surface area (Å²) in [6.45, 7) is 9.75. The van der Waals surface area contributed by atoms with E-state index in [1.807, 2.05) is 25.1 Å². The van der Waals surface area contributed by atoms with Gasteiger partial charge in [0.2, 0.25) is 0 Å². The second kappa shape index (κ2) is 7.05. The molecule has 26 heavy (non-hydrogen) atoms. The molecule has 0 amide bonds. The molecule has 0 aliphatic carbocycles. The van der Waals surface area contributed by atoms with Crippen molar-refractivity contribution in [2.45, 2.75) is 39.8 Å². The SMILES string of the molecule is CCC(C)CN1CC2CCN(c3ccc(Cl)cc3Cl)C3N=C(C)N=C1C23. The van der Waals surface area contributed by atoms with E-state index in [-0.39, 0.29) is 6.17 Å². The average molecular weight is 393 g/mol. The summed E-state index contributed by atoms with van der Waals surface area (Å²) in [7, 11) is 0. The molecule has 2 fully saturated rings. The number of nitrogens with zero attached hydrogens (tertiary/aromatic N) is 4. The molecule has 0 bridgehead atoms.